The molecule has 86 valence electrons. The van der Waals surface area contributed by atoms with Crippen LogP contribution in [0.2, 0.25) is 0 Å². The number of nitrogens with zero attached hydrogens (tertiary/aromatic N) is 2. The second kappa shape index (κ2) is 5.91. The zero-order valence-electron chi connectivity index (χ0n) is 10.4. The van der Waals surface area contributed by atoms with Crippen LogP contribution in [0.25, 0.3) is 0 Å². The average Bonchev–Trinajstić information content (AvgIpc) is 2.52. The van der Waals surface area contributed by atoms with Crippen LogP contribution in [0.1, 0.15) is 37.6 Å². The summed E-state index contributed by atoms with van der Waals surface area (Å²) in [7, 11) is 4.07. The molecule has 0 aliphatic heterocycles. The highest BCUT2D eigenvalue weighted by Gasteiger charge is 2.05. The van der Waals surface area contributed by atoms with Gasteiger partial charge in [-0.1, -0.05) is 6.92 Å². The fraction of sp³-hybridized carbons (Fsp3) is 0.750. The van der Waals surface area contributed by atoms with E-state index in [1.807, 2.05) is 25.7 Å². The van der Waals surface area contributed by atoms with Gasteiger partial charge in [-0.3, -0.25) is 4.68 Å². The first kappa shape index (κ1) is 12.2. The molecule has 0 saturated heterocycles. The van der Waals surface area contributed by atoms with Crippen molar-refractivity contribution in [3.8, 4) is 0 Å². The van der Waals surface area contributed by atoms with Crippen molar-refractivity contribution in [1.82, 2.24) is 15.1 Å². The quantitative estimate of drug-likeness (QED) is 0.777. The summed E-state index contributed by atoms with van der Waals surface area (Å²) in [5, 5.41) is 7.69. The van der Waals surface area contributed by atoms with Crippen LogP contribution in [0.4, 0.5) is 0 Å². The summed E-state index contributed by atoms with van der Waals surface area (Å²) < 4.78 is 2.00. The molecule has 0 aliphatic rings. The largest absolute Gasteiger partial charge is 0.317 e. The third kappa shape index (κ3) is 3.67. The van der Waals surface area contributed by atoms with Gasteiger partial charge in [-0.2, -0.15) is 5.10 Å². The lowest BCUT2D eigenvalue weighted by Crippen LogP contribution is -2.24. The number of hydrogen-bond donors (Lipinski definition) is 1. The minimum absolute atomic E-state index is 0.666. The highest BCUT2D eigenvalue weighted by molar-refractivity contribution is 5.08. The highest BCUT2D eigenvalue weighted by Crippen LogP contribution is 2.09. The predicted molar refractivity (Wildman–Crippen MR) is 64.0 cm³/mol. The number of rotatable bonds is 6. The first-order chi connectivity index (χ1) is 7.17. The minimum Gasteiger partial charge on any atom is -0.317 e. The van der Waals surface area contributed by atoms with Gasteiger partial charge in [0.25, 0.3) is 0 Å². The molecule has 0 saturated carbocycles. The molecule has 15 heavy (non-hydrogen) atoms. The van der Waals surface area contributed by atoms with Crippen LogP contribution < -0.4 is 5.32 Å². The molecule has 0 aliphatic carbocycles. The van der Waals surface area contributed by atoms with Crippen molar-refractivity contribution in [2.45, 2.75) is 45.6 Å². The topological polar surface area (TPSA) is 29.9 Å². The van der Waals surface area contributed by atoms with Gasteiger partial charge in [-0.05, 0) is 45.7 Å². The first-order valence-corrected chi connectivity index (χ1v) is 5.84. The average molecular weight is 209 g/mol. The van der Waals surface area contributed by atoms with E-state index in [1.54, 1.807) is 0 Å². The first-order valence-electron chi connectivity index (χ1n) is 5.84. The Bertz CT molecular complexity index is 287. The maximum absolute atomic E-state index is 4.35. The number of hydrogen-bond acceptors (Lipinski definition) is 2. The molecule has 0 amide bonds. The Morgan fingerprint density at radius 2 is 2.27 bits per heavy atom. The molecule has 1 aromatic rings. The Balaban J connectivity index is 2.34. The summed E-state index contributed by atoms with van der Waals surface area (Å²) in [6, 6.07) is 2.85. The fourth-order valence-corrected chi connectivity index (χ4v) is 1.98. The monoisotopic (exact) mass is 209 g/mol. The van der Waals surface area contributed by atoms with Crippen molar-refractivity contribution < 1.29 is 0 Å². The third-order valence-corrected chi connectivity index (χ3v) is 2.99. The summed E-state index contributed by atoms with van der Waals surface area (Å²) in [5.41, 5.74) is 2.46. The number of aromatic nitrogens is 2. The normalized spacial score (nSPS) is 13.1. The lowest BCUT2D eigenvalue weighted by atomic mass is 10.1. The Hall–Kier alpha value is -0.830. The van der Waals surface area contributed by atoms with Gasteiger partial charge in [0.15, 0.2) is 0 Å². The van der Waals surface area contributed by atoms with Crippen molar-refractivity contribution in [2.75, 3.05) is 7.05 Å². The van der Waals surface area contributed by atoms with Crippen LogP contribution in [-0.2, 0) is 13.5 Å². The van der Waals surface area contributed by atoms with Gasteiger partial charge in [0, 0.05) is 18.8 Å². The standard InChI is InChI=1S/C12H23N3/c1-5-11(13-3)7-6-8-12-9-10(2)14-15(12)4/h9,11,13H,5-8H2,1-4H3. The van der Waals surface area contributed by atoms with E-state index in [0.717, 1.165) is 12.1 Å². The van der Waals surface area contributed by atoms with Crippen molar-refractivity contribution in [3.63, 3.8) is 0 Å². The Morgan fingerprint density at radius 3 is 2.73 bits per heavy atom. The molecule has 0 bridgehead atoms. The molecule has 1 rings (SSSR count). The summed E-state index contributed by atoms with van der Waals surface area (Å²) in [6.07, 6.45) is 4.83. The van der Waals surface area contributed by atoms with Crippen molar-refractivity contribution >= 4 is 0 Å². The molecule has 0 fully saturated rings. The van der Waals surface area contributed by atoms with Gasteiger partial charge in [0.1, 0.15) is 0 Å². The van der Waals surface area contributed by atoms with Crippen LogP contribution in [-0.4, -0.2) is 22.9 Å². The zero-order chi connectivity index (χ0) is 11.3. The molecule has 0 radical (unpaired) electrons. The van der Waals surface area contributed by atoms with Crippen molar-refractivity contribution in [3.05, 3.63) is 17.5 Å². The van der Waals surface area contributed by atoms with E-state index in [-0.39, 0.29) is 0 Å². The maximum atomic E-state index is 4.35. The van der Waals surface area contributed by atoms with Gasteiger partial charge in [-0.15, -0.1) is 0 Å². The fourth-order valence-electron chi connectivity index (χ4n) is 1.98. The Kier molecular flexibility index (Phi) is 4.82. The third-order valence-electron chi connectivity index (χ3n) is 2.99. The lowest BCUT2D eigenvalue weighted by molar-refractivity contribution is 0.487. The molecule has 0 aromatic carbocycles. The second-order valence-electron chi connectivity index (χ2n) is 4.19. The summed E-state index contributed by atoms with van der Waals surface area (Å²) in [4.78, 5) is 0. The lowest BCUT2D eigenvalue weighted by Gasteiger charge is -2.12. The van der Waals surface area contributed by atoms with Gasteiger partial charge >= 0.3 is 0 Å². The molecule has 1 unspecified atom stereocenters. The number of nitrogens with one attached hydrogen (secondary N) is 1. The molecule has 1 aromatic heterocycles. The predicted octanol–water partition coefficient (Wildman–Crippen LogP) is 2.05. The van der Waals surface area contributed by atoms with Crippen LogP contribution in [0.5, 0.6) is 0 Å². The molecular weight excluding hydrogens is 186 g/mol. The highest BCUT2D eigenvalue weighted by atomic mass is 15.3. The smallest absolute Gasteiger partial charge is 0.0596 e. The van der Waals surface area contributed by atoms with Gasteiger partial charge in [0.05, 0.1) is 5.69 Å². The molecule has 0 spiro atoms. The van der Waals surface area contributed by atoms with E-state index >= 15 is 0 Å². The SMILES string of the molecule is CCC(CCCc1cc(C)nn1C)NC. The molecule has 1 atom stereocenters. The van der Waals surface area contributed by atoms with E-state index < -0.39 is 0 Å². The van der Waals surface area contributed by atoms with Crippen LogP contribution >= 0.6 is 0 Å². The summed E-state index contributed by atoms with van der Waals surface area (Å²) in [6.45, 7) is 4.28. The van der Waals surface area contributed by atoms with Gasteiger partial charge in [0.2, 0.25) is 0 Å². The van der Waals surface area contributed by atoms with Crippen LogP contribution in [0, 0.1) is 6.92 Å². The molecule has 3 heteroatoms. The molecular formula is C12H23N3. The maximum Gasteiger partial charge on any atom is 0.0596 e. The Labute approximate surface area is 92.9 Å². The van der Waals surface area contributed by atoms with Crippen LogP contribution in [0.3, 0.4) is 0 Å². The zero-order valence-corrected chi connectivity index (χ0v) is 10.4. The van der Waals surface area contributed by atoms with Crippen LogP contribution in [0.15, 0.2) is 6.07 Å². The minimum atomic E-state index is 0.666. The molecule has 3 nitrogen and oxygen atoms in total. The van der Waals surface area contributed by atoms with E-state index in [0.29, 0.717) is 6.04 Å². The molecule has 1 heterocycles. The van der Waals surface area contributed by atoms with Gasteiger partial charge in [-0.25, -0.2) is 0 Å². The van der Waals surface area contributed by atoms with E-state index in [2.05, 4.69) is 23.4 Å². The van der Waals surface area contributed by atoms with E-state index in [1.165, 1.54) is 25.0 Å². The second-order valence-corrected chi connectivity index (χ2v) is 4.19. The Morgan fingerprint density at radius 1 is 1.53 bits per heavy atom. The van der Waals surface area contributed by atoms with E-state index in [4.69, 9.17) is 0 Å². The number of aryl methyl sites for hydroxylation is 3. The van der Waals surface area contributed by atoms with Gasteiger partial charge < -0.3 is 5.32 Å². The van der Waals surface area contributed by atoms with Crippen molar-refractivity contribution in [2.24, 2.45) is 7.05 Å². The van der Waals surface area contributed by atoms with Crippen molar-refractivity contribution in [1.29, 1.82) is 0 Å². The summed E-state index contributed by atoms with van der Waals surface area (Å²) >= 11 is 0. The molecule has 1 N–H and O–H groups in total. The van der Waals surface area contributed by atoms with E-state index in [9.17, 15) is 0 Å². The summed E-state index contributed by atoms with van der Waals surface area (Å²) in [5.74, 6) is 0.